The van der Waals surface area contributed by atoms with Crippen molar-refractivity contribution in [3.8, 4) is 22.8 Å². The van der Waals surface area contributed by atoms with Gasteiger partial charge in [-0.1, -0.05) is 34.1 Å². The minimum absolute atomic E-state index is 0.0770. The number of thiazole rings is 1. The molecule has 1 N–H and O–H groups in total. The summed E-state index contributed by atoms with van der Waals surface area (Å²) in [7, 11) is 3.25. The fourth-order valence-electron chi connectivity index (χ4n) is 2.33. The number of hydrogen-bond acceptors (Lipinski definition) is 5. The van der Waals surface area contributed by atoms with Gasteiger partial charge in [-0.05, 0) is 29.8 Å². The molecule has 0 spiro atoms. The number of rotatable bonds is 4. The van der Waals surface area contributed by atoms with Gasteiger partial charge in [0.2, 0.25) is 4.80 Å². The predicted molar refractivity (Wildman–Crippen MR) is 105 cm³/mol. The Morgan fingerprint density at radius 1 is 1.24 bits per heavy atom. The molecule has 7 heteroatoms. The van der Waals surface area contributed by atoms with Crippen LogP contribution in [0, 0.1) is 0 Å². The van der Waals surface area contributed by atoms with E-state index in [0.29, 0.717) is 5.75 Å². The zero-order valence-electron chi connectivity index (χ0n) is 13.7. The summed E-state index contributed by atoms with van der Waals surface area (Å²) in [5, 5.41) is 16.5. The Morgan fingerprint density at radius 2 is 2.04 bits per heavy atom. The number of phenolic OH excluding ortho intramolecular Hbond substituents is 1. The summed E-state index contributed by atoms with van der Waals surface area (Å²) in [6, 6.07) is 13.1. The van der Waals surface area contributed by atoms with Gasteiger partial charge in [-0.2, -0.15) is 5.10 Å². The Morgan fingerprint density at radius 3 is 2.72 bits per heavy atom. The van der Waals surface area contributed by atoms with E-state index in [9.17, 15) is 5.11 Å². The maximum absolute atomic E-state index is 9.90. The van der Waals surface area contributed by atoms with Gasteiger partial charge in [0.15, 0.2) is 11.5 Å². The van der Waals surface area contributed by atoms with Crippen LogP contribution in [0.4, 0.5) is 0 Å². The van der Waals surface area contributed by atoms with E-state index in [4.69, 9.17) is 4.74 Å². The fourth-order valence-corrected chi connectivity index (χ4v) is 3.61. The van der Waals surface area contributed by atoms with E-state index >= 15 is 0 Å². The number of methoxy groups -OCH3 is 1. The lowest BCUT2D eigenvalue weighted by Gasteiger charge is -2.06. The topological polar surface area (TPSA) is 59.1 Å². The zero-order chi connectivity index (χ0) is 17.8. The standard InChI is InChI=1S/C18H16BrN3O2S/c1-20-18-22(15(11-25-18)13-5-3-4-6-14(13)19)21-10-12-7-8-17(24-2)16(23)9-12/h3-11,23H,1-2H3. The van der Waals surface area contributed by atoms with Crippen molar-refractivity contribution in [2.75, 3.05) is 14.2 Å². The molecule has 0 amide bonds. The summed E-state index contributed by atoms with van der Waals surface area (Å²) in [5.74, 6) is 0.506. The van der Waals surface area contributed by atoms with Crippen molar-refractivity contribution in [2.45, 2.75) is 0 Å². The first kappa shape index (κ1) is 17.4. The third-order valence-corrected chi connectivity index (χ3v) is 5.15. The van der Waals surface area contributed by atoms with Gasteiger partial charge in [0, 0.05) is 22.5 Å². The molecule has 0 radical (unpaired) electrons. The van der Waals surface area contributed by atoms with Crippen molar-refractivity contribution >= 4 is 33.5 Å². The number of benzene rings is 2. The second-order valence-corrected chi connectivity index (χ2v) is 6.79. The quantitative estimate of drug-likeness (QED) is 0.649. The summed E-state index contributed by atoms with van der Waals surface area (Å²) in [5.41, 5.74) is 2.73. The van der Waals surface area contributed by atoms with E-state index in [1.807, 2.05) is 35.7 Å². The fraction of sp³-hybridized carbons (Fsp3) is 0.111. The van der Waals surface area contributed by atoms with Crippen molar-refractivity contribution in [1.82, 2.24) is 4.68 Å². The van der Waals surface area contributed by atoms with E-state index in [2.05, 4.69) is 26.0 Å². The molecule has 0 bridgehead atoms. The first-order valence-electron chi connectivity index (χ1n) is 7.43. The van der Waals surface area contributed by atoms with Crippen LogP contribution in [0.25, 0.3) is 11.3 Å². The Hall–Kier alpha value is -2.38. The van der Waals surface area contributed by atoms with Crippen LogP contribution >= 0.6 is 27.3 Å². The van der Waals surface area contributed by atoms with Crippen LogP contribution in [0.2, 0.25) is 0 Å². The highest BCUT2D eigenvalue weighted by Gasteiger charge is 2.10. The number of hydrogen-bond donors (Lipinski definition) is 1. The molecule has 2 aromatic carbocycles. The van der Waals surface area contributed by atoms with Crippen LogP contribution in [-0.2, 0) is 0 Å². The molecule has 0 aliphatic carbocycles. The number of halogens is 1. The van der Waals surface area contributed by atoms with Crippen molar-refractivity contribution in [3.05, 3.63) is 62.7 Å². The molecule has 128 valence electrons. The summed E-state index contributed by atoms with van der Waals surface area (Å²) < 4.78 is 7.83. The van der Waals surface area contributed by atoms with E-state index in [1.165, 1.54) is 18.4 Å². The van der Waals surface area contributed by atoms with Gasteiger partial charge in [-0.15, -0.1) is 11.3 Å². The highest BCUT2D eigenvalue weighted by Crippen LogP contribution is 2.28. The summed E-state index contributed by atoms with van der Waals surface area (Å²) in [4.78, 5) is 5.06. The molecule has 25 heavy (non-hydrogen) atoms. The largest absolute Gasteiger partial charge is 0.504 e. The van der Waals surface area contributed by atoms with Gasteiger partial charge in [-0.3, -0.25) is 4.99 Å². The molecule has 0 fully saturated rings. The lowest BCUT2D eigenvalue weighted by molar-refractivity contribution is 0.373. The summed E-state index contributed by atoms with van der Waals surface area (Å²) in [6.45, 7) is 0. The van der Waals surface area contributed by atoms with Crippen LogP contribution in [0.3, 0.4) is 0 Å². The van der Waals surface area contributed by atoms with Crippen molar-refractivity contribution in [3.63, 3.8) is 0 Å². The Kier molecular flexibility index (Phi) is 5.35. The Bertz CT molecular complexity index is 992. The maximum atomic E-state index is 9.90. The van der Waals surface area contributed by atoms with E-state index in [1.54, 1.807) is 30.1 Å². The molecule has 0 unspecified atom stereocenters. The van der Waals surface area contributed by atoms with E-state index in [0.717, 1.165) is 26.1 Å². The molecule has 1 heterocycles. The zero-order valence-corrected chi connectivity index (χ0v) is 16.1. The molecule has 3 rings (SSSR count). The molecule has 0 saturated carbocycles. The van der Waals surface area contributed by atoms with Crippen LogP contribution in [0.15, 0.2) is 62.4 Å². The lowest BCUT2D eigenvalue weighted by atomic mass is 10.2. The third kappa shape index (κ3) is 3.67. The lowest BCUT2D eigenvalue weighted by Crippen LogP contribution is -2.11. The average molecular weight is 418 g/mol. The van der Waals surface area contributed by atoms with Crippen molar-refractivity contribution < 1.29 is 9.84 Å². The molecule has 1 aromatic heterocycles. The molecule has 0 aliphatic heterocycles. The number of aromatic nitrogens is 1. The molecule has 0 atom stereocenters. The predicted octanol–water partition coefficient (Wildman–Crippen LogP) is 4.11. The van der Waals surface area contributed by atoms with Crippen molar-refractivity contribution in [1.29, 1.82) is 0 Å². The molecule has 0 saturated heterocycles. The monoisotopic (exact) mass is 417 g/mol. The van der Waals surface area contributed by atoms with Gasteiger partial charge in [0.25, 0.3) is 0 Å². The number of aromatic hydroxyl groups is 1. The van der Waals surface area contributed by atoms with Gasteiger partial charge in [0.1, 0.15) is 0 Å². The van der Waals surface area contributed by atoms with Crippen LogP contribution in [0.1, 0.15) is 5.56 Å². The maximum Gasteiger partial charge on any atom is 0.205 e. The minimum atomic E-state index is 0.0770. The number of nitrogens with zero attached hydrogens (tertiary/aromatic N) is 3. The molecular weight excluding hydrogens is 402 g/mol. The van der Waals surface area contributed by atoms with Crippen LogP contribution in [0.5, 0.6) is 11.5 Å². The van der Waals surface area contributed by atoms with Gasteiger partial charge in [0.05, 0.1) is 19.0 Å². The Labute approximate surface area is 157 Å². The number of phenols is 1. The second kappa shape index (κ2) is 7.67. The molecule has 5 nitrogen and oxygen atoms in total. The molecule has 3 aromatic rings. The second-order valence-electron chi connectivity index (χ2n) is 5.09. The van der Waals surface area contributed by atoms with Gasteiger partial charge < -0.3 is 9.84 Å². The molecule has 0 aliphatic rings. The van der Waals surface area contributed by atoms with Crippen molar-refractivity contribution in [2.24, 2.45) is 10.1 Å². The van der Waals surface area contributed by atoms with E-state index in [-0.39, 0.29) is 5.75 Å². The third-order valence-electron chi connectivity index (χ3n) is 3.55. The molecular formula is C18H16BrN3O2S. The van der Waals surface area contributed by atoms with Crippen LogP contribution in [-0.4, -0.2) is 30.2 Å². The SMILES string of the molecule is CN=c1scc(-c2ccccc2Br)n1N=Cc1ccc(OC)c(O)c1. The highest BCUT2D eigenvalue weighted by molar-refractivity contribution is 9.10. The van der Waals surface area contributed by atoms with Gasteiger partial charge in [-0.25, -0.2) is 4.68 Å². The first-order valence-corrected chi connectivity index (χ1v) is 9.11. The average Bonchev–Trinajstić information content (AvgIpc) is 3.03. The summed E-state index contributed by atoms with van der Waals surface area (Å²) >= 11 is 5.10. The minimum Gasteiger partial charge on any atom is -0.504 e. The highest BCUT2D eigenvalue weighted by atomic mass is 79.9. The normalized spacial score (nSPS) is 12.0. The first-order chi connectivity index (χ1) is 12.1. The smallest absolute Gasteiger partial charge is 0.205 e. The number of ether oxygens (including phenoxy) is 1. The van der Waals surface area contributed by atoms with Gasteiger partial charge >= 0.3 is 0 Å². The Balaban J connectivity index is 2.04. The summed E-state index contributed by atoms with van der Waals surface area (Å²) in [6.07, 6.45) is 1.68. The van der Waals surface area contributed by atoms with Crippen LogP contribution < -0.4 is 9.54 Å². The van der Waals surface area contributed by atoms with E-state index < -0.39 is 0 Å².